The van der Waals surface area contributed by atoms with Gasteiger partial charge in [-0.1, -0.05) is 60.7 Å². The van der Waals surface area contributed by atoms with E-state index in [1.807, 2.05) is 78.9 Å². The average molecular weight is 400 g/mol. The zero-order chi connectivity index (χ0) is 20.1. The zero-order valence-corrected chi connectivity index (χ0v) is 16.3. The molecule has 0 radical (unpaired) electrons. The van der Waals surface area contributed by atoms with E-state index in [4.69, 9.17) is 16.3 Å². The van der Waals surface area contributed by atoms with Crippen LogP contribution in [0.2, 0.25) is 0 Å². The first-order chi connectivity index (χ1) is 14.2. The lowest BCUT2D eigenvalue weighted by Gasteiger charge is -2.07. The minimum atomic E-state index is -0.449. The number of benzene rings is 3. The molecule has 0 saturated heterocycles. The van der Waals surface area contributed by atoms with Gasteiger partial charge in [0.05, 0.1) is 11.2 Å². The van der Waals surface area contributed by atoms with Gasteiger partial charge in [0.25, 0.3) is 5.24 Å². The van der Waals surface area contributed by atoms with Crippen LogP contribution in [0.25, 0.3) is 23.1 Å². The number of carbonyl (C=O) groups excluding carboxylic acids is 1. The van der Waals surface area contributed by atoms with Gasteiger partial charge in [0.2, 0.25) is 0 Å². The quantitative estimate of drug-likeness (QED) is 0.279. The number of carbonyl (C=O) groups is 1. The first kappa shape index (κ1) is 18.9. The van der Waals surface area contributed by atoms with Crippen molar-refractivity contribution in [1.82, 2.24) is 4.98 Å². The maximum Gasteiger partial charge on any atom is 0.252 e. The van der Waals surface area contributed by atoms with Gasteiger partial charge in [0.15, 0.2) is 0 Å². The van der Waals surface area contributed by atoms with E-state index in [-0.39, 0.29) is 0 Å². The van der Waals surface area contributed by atoms with Crippen molar-refractivity contribution in [3.63, 3.8) is 0 Å². The number of halogens is 1. The molecule has 0 aliphatic rings. The van der Waals surface area contributed by atoms with Gasteiger partial charge in [0, 0.05) is 10.9 Å². The molecule has 142 valence electrons. The molecule has 29 heavy (non-hydrogen) atoms. The monoisotopic (exact) mass is 399 g/mol. The number of pyridine rings is 1. The van der Waals surface area contributed by atoms with Gasteiger partial charge in [-0.2, -0.15) is 0 Å². The molecule has 0 aliphatic carbocycles. The first-order valence-electron chi connectivity index (χ1n) is 9.23. The van der Waals surface area contributed by atoms with Crippen LogP contribution >= 0.6 is 11.6 Å². The predicted molar refractivity (Wildman–Crippen MR) is 118 cm³/mol. The molecule has 1 heterocycles. The fourth-order valence-corrected chi connectivity index (χ4v) is 3.06. The van der Waals surface area contributed by atoms with Crippen molar-refractivity contribution >= 4 is 39.9 Å². The number of aromatic nitrogens is 1. The van der Waals surface area contributed by atoms with Crippen molar-refractivity contribution < 1.29 is 9.53 Å². The Morgan fingerprint density at radius 2 is 1.48 bits per heavy atom. The Morgan fingerprint density at radius 1 is 0.828 bits per heavy atom. The molecular formula is C25H18ClNO2. The fourth-order valence-electron chi connectivity index (χ4n) is 2.94. The summed E-state index contributed by atoms with van der Waals surface area (Å²) in [5, 5.41) is 0.672. The second-order valence-corrected chi connectivity index (χ2v) is 6.93. The summed E-state index contributed by atoms with van der Waals surface area (Å²) in [4.78, 5) is 15.7. The van der Waals surface area contributed by atoms with Gasteiger partial charge >= 0.3 is 0 Å². The van der Waals surface area contributed by atoms with Crippen molar-refractivity contribution in [2.45, 2.75) is 6.61 Å². The fraction of sp³-hybridized carbons (Fsp3) is 0.0400. The lowest BCUT2D eigenvalue weighted by atomic mass is 10.1. The molecule has 4 rings (SSSR count). The summed E-state index contributed by atoms with van der Waals surface area (Å²) in [6.07, 6.45) is 3.99. The van der Waals surface area contributed by atoms with Gasteiger partial charge in [-0.3, -0.25) is 4.79 Å². The Morgan fingerprint density at radius 3 is 2.17 bits per heavy atom. The Balaban J connectivity index is 1.37. The lowest BCUT2D eigenvalue weighted by molar-refractivity contribution is 0.108. The molecule has 4 heteroatoms. The first-order valence-corrected chi connectivity index (χ1v) is 9.61. The highest BCUT2D eigenvalue weighted by atomic mass is 35.5. The van der Waals surface area contributed by atoms with Crippen LogP contribution < -0.4 is 4.74 Å². The Hall–Kier alpha value is -3.43. The highest BCUT2D eigenvalue weighted by Gasteiger charge is 2.01. The maximum atomic E-state index is 11.1. The maximum absolute atomic E-state index is 11.1. The van der Waals surface area contributed by atoms with Crippen molar-refractivity contribution in [1.29, 1.82) is 0 Å². The summed E-state index contributed by atoms with van der Waals surface area (Å²) in [6, 6.07) is 27.1. The number of hydrogen-bond donors (Lipinski definition) is 0. The second-order valence-electron chi connectivity index (χ2n) is 6.58. The van der Waals surface area contributed by atoms with Crippen molar-refractivity contribution in [3.05, 3.63) is 107 Å². The summed E-state index contributed by atoms with van der Waals surface area (Å²) >= 11 is 5.46. The van der Waals surface area contributed by atoms with Crippen LogP contribution in [0.1, 0.15) is 27.2 Å². The van der Waals surface area contributed by atoms with E-state index in [2.05, 4.69) is 11.1 Å². The molecule has 0 saturated carbocycles. The lowest BCUT2D eigenvalue weighted by Crippen LogP contribution is -1.98. The number of hydrogen-bond acceptors (Lipinski definition) is 3. The standard InChI is InChI=1S/C25H18ClNO2/c26-25(28)21-11-7-18(8-12-21)5-6-19-9-15-23(16-10-19)29-17-22-14-13-20-3-1-2-4-24(20)27-22/h1-16H,17H2/b6-5+. The smallest absolute Gasteiger partial charge is 0.252 e. The molecule has 1 aromatic heterocycles. The van der Waals surface area contributed by atoms with Gasteiger partial charge < -0.3 is 4.74 Å². The van der Waals surface area contributed by atoms with Gasteiger partial charge in [-0.05, 0) is 59.1 Å². The number of rotatable bonds is 6. The van der Waals surface area contributed by atoms with Crippen molar-refractivity contribution in [2.24, 2.45) is 0 Å². The topological polar surface area (TPSA) is 39.2 Å². The molecule has 3 aromatic carbocycles. The number of para-hydroxylation sites is 1. The minimum Gasteiger partial charge on any atom is -0.487 e. The van der Waals surface area contributed by atoms with E-state index < -0.39 is 5.24 Å². The van der Waals surface area contributed by atoms with E-state index in [0.29, 0.717) is 12.2 Å². The summed E-state index contributed by atoms with van der Waals surface area (Å²) in [7, 11) is 0. The summed E-state index contributed by atoms with van der Waals surface area (Å²) < 4.78 is 5.86. The zero-order valence-electron chi connectivity index (χ0n) is 15.6. The predicted octanol–water partition coefficient (Wildman–Crippen LogP) is 6.36. The second kappa shape index (κ2) is 8.72. The van der Waals surface area contributed by atoms with Gasteiger partial charge in [0.1, 0.15) is 12.4 Å². The van der Waals surface area contributed by atoms with E-state index in [1.54, 1.807) is 12.1 Å². The molecule has 3 nitrogen and oxygen atoms in total. The average Bonchev–Trinajstić information content (AvgIpc) is 2.77. The minimum absolute atomic E-state index is 0.422. The SMILES string of the molecule is O=C(Cl)c1ccc(/C=C/c2ccc(OCc3ccc4ccccc4n3)cc2)cc1. The Labute approximate surface area is 174 Å². The third kappa shape index (κ3) is 4.89. The third-order valence-corrected chi connectivity index (χ3v) is 4.75. The van der Waals surface area contributed by atoms with Crippen LogP contribution in [-0.2, 0) is 6.61 Å². The van der Waals surface area contributed by atoms with Crippen molar-refractivity contribution in [3.8, 4) is 5.75 Å². The molecule has 0 bridgehead atoms. The molecule has 0 aliphatic heterocycles. The number of fused-ring (bicyclic) bond motifs is 1. The van der Waals surface area contributed by atoms with Gasteiger partial charge in [-0.15, -0.1) is 0 Å². The molecule has 4 aromatic rings. The Kier molecular flexibility index (Phi) is 5.68. The third-order valence-electron chi connectivity index (χ3n) is 4.53. The van der Waals surface area contributed by atoms with E-state index in [1.165, 1.54) is 0 Å². The number of nitrogens with zero attached hydrogens (tertiary/aromatic N) is 1. The largest absolute Gasteiger partial charge is 0.487 e. The van der Waals surface area contributed by atoms with E-state index >= 15 is 0 Å². The molecule has 0 spiro atoms. The molecule has 0 unspecified atom stereocenters. The van der Waals surface area contributed by atoms with Crippen LogP contribution in [0.15, 0.2) is 84.9 Å². The van der Waals surface area contributed by atoms with E-state index in [0.717, 1.165) is 33.5 Å². The molecular weight excluding hydrogens is 382 g/mol. The molecule has 0 amide bonds. The van der Waals surface area contributed by atoms with Crippen LogP contribution in [0.5, 0.6) is 5.75 Å². The molecule has 0 atom stereocenters. The van der Waals surface area contributed by atoms with Gasteiger partial charge in [-0.25, -0.2) is 4.98 Å². The summed E-state index contributed by atoms with van der Waals surface area (Å²) in [5.74, 6) is 0.794. The van der Waals surface area contributed by atoms with Crippen LogP contribution in [-0.4, -0.2) is 10.2 Å². The summed E-state index contributed by atoms with van der Waals surface area (Å²) in [5.41, 5.74) is 4.41. The normalized spacial score (nSPS) is 11.1. The Bertz CT molecular complexity index is 1170. The van der Waals surface area contributed by atoms with E-state index in [9.17, 15) is 4.79 Å². The molecule has 0 fully saturated rings. The summed E-state index contributed by atoms with van der Waals surface area (Å²) in [6.45, 7) is 0.422. The number of ether oxygens (including phenoxy) is 1. The van der Waals surface area contributed by atoms with Crippen LogP contribution in [0, 0.1) is 0 Å². The highest BCUT2D eigenvalue weighted by molar-refractivity contribution is 6.67. The highest BCUT2D eigenvalue weighted by Crippen LogP contribution is 2.17. The van der Waals surface area contributed by atoms with Crippen LogP contribution in [0.4, 0.5) is 0 Å². The molecule has 0 N–H and O–H groups in total. The van der Waals surface area contributed by atoms with Crippen LogP contribution in [0.3, 0.4) is 0 Å². The van der Waals surface area contributed by atoms with Crippen molar-refractivity contribution in [2.75, 3.05) is 0 Å².